The number of carbonyl (C=O) groups is 1. The molecular formula is C19H14ClF3N2O3S. The number of alkyl halides is 3. The van der Waals surface area contributed by atoms with Crippen molar-refractivity contribution in [3.05, 3.63) is 64.8 Å². The fourth-order valence-corrected chi connectivity index (χ4v) is 5.04. The number of fused-ring (bicyclic) bond motifs is 2. The maximum absolute atomic E-state index is 13.1. The van der Waals surface area contributed by atoms with Crippen LogP contribution in [-0.2, 0) is 27.8 Å². The number of hydrogen-bond donors (Lipinski definition) is 0. The van der Waals surface area contributed by atoms with Gasteiger partial charge in [0.2, 0.25) is 0 Å². The molecule has 1 amide bonds. The third-order valence-corrected chi connectivity index (χ3v) is 6.81. The summed E-state index contributed by atoms with van der Waals surface area (Å²) in [6.45, 7) is -0.362. The Labute approximate surface area is 169 Å². The van der Waals surface area contributed by atoms with E-state index in [1.165, 1.54) is 18.3 Å². The van der Waals surface area contributed by atoms with E-state index in [-0.39, 0.29) is 24.4 Å². The highest BCUT2D eigenvalue weighted by molar-refractivity contribution is 7.90. The lowest BCUT2D eigenvalue weighted by atomic mass is 10.00. The third-order valence-electron chi connectivity index (χ3n) is 4.89. The summed E-state index contributed by atoms with van der Waals surface area (Å²) in [5.74, 6) is -1.93. The number of aromatic nitrogens is 1. The van der Waals surface area contributed by atoms with Crippen molar-refractivity contribution in [3.63, 3.8) is 0 Å². The minimum atomic E-state index is -4.97. The van der Waals surface area contributed by atoms with Gasteiger partial charge in [-0.3, -0.25) is 4.79 Å². The van der Waals surface area contributed by atoms with Crippen LogP contribution in [0.2, 0.25) is 5.02 Å². The average Bonchev–Trinajstić information content (AvgIpc) is 3.09. The van der Waals surface area contributed by atoms with Crippen LogP contribution >= 0.6 is 11.6 Å². The Kier molecular flexibility index (Phi) is 4.62. The number of carbonyl (C=O) groups excluding carboxylic acids is 1. The highest BCUT2D eigenvalue weighted by Gasteiger charge is 2.43. The zero-order valence-electron chi connectivity index (χ0n) is 14.8. The minimum Gasteiger partial charge on any atom is -0.330 e. The van der Waals surface area contributed by atoms with Gasteiger partial charge < -0.3 is 4.90 Å². The highest BCUT2D eigenvalue weighted by Crippen LogP contribution is 2.29. The molecule has 10 heteroatoms. The topological polar surface area (TPSA) is 59.4 Å². The first-order valence-corrected chi connectivity index (χ1v) is 10.4. The molecule has 2 aromatic carbocycles. The highest BCUT2D eigenvalue weighted by atomic mass is 35.5. The Balaban J connectivity index is 1.72. The summed E-state index contributed by atoms with van der Waals surface area (Å²) in [6, 6.07) is 10.7. The van der Waals surface area contributed by atoms with Crippen LogP contribution in [0.5, 0.6) is 0 Å². The van der Waals surface area contributed by atoms with E-state index in [9.17, 15) is 26.4 Å². The van der Waals surface area contributed by atoms with Crippen LogP contribution < -0.4 is 0 Å². The molecule has 0 aliphatic carbocycles. The van der Waals surface area contributed by atoms with Crippen LogP contribution in [0.25, 0.3) is 10.9 Å². The molecule has 0 N–H and O–H groups in total. The normalized spacial score (nSPS) is 14.8. The average molecular weight is 443 g/mol. The second-order valence-electron chi connectivity index (χ2n) is 6.72. The molecule has 0 bridgehead atoms. The van der Waals surface area contributed by atoms with E-state index in [0.717, 1.165) is 9.54 Å². The Morgan fingerprint density at radius 3 is 2.52 bits per heavy atom. The SMILES string of the molecule is O=C(N1CCc2ccc(S(=O)(=O)n3ccc4cc(Cl)ccc43)cc2C1)C(F)(F)F. The van der Waals surface area contributed by atoms with E-state index in [1.54, 1.807) is 30.3 Å². The molecule has 0 spiro atoms. The molecule has 152 valence electrons. The number of hydrogen-bond acceptors (Lipinski definition) is 3. The lowest BCUT2D eigenvalue weighted by Gasteiger charge is -2.29. The van der Waals surface area contributed by atoms with Crippen LogP contribution in [0, 0.1) is 0 Å². The van der Waals surface area contributed by atoms with Gasteiger partial charge in [-0.1, -0.05) is 17.7 Å². The van der Waals surface area contributed by atoms with Gasteiger partial charge in [0.05, 0.1) is 10.4 Å². The molecule has 0 saturated heterocycles. The Hall–Kier alpha value is -2.52. The fraction of sp³-hybridized carbons (Fsp3) is 0.211. The number of nitrogens with zero attached hydrogens (tertiary/aromatic N) is 2. The Bertz CT molecular complexity index is 1240. The fourth-order valence-electron chi connectivity index (χ4n) is 3.46. The molecule has 2 heterocycles. The van der Waals surface area contributed by atoms with Crippen LogP contribution in [0.1, 0.15) is 11.1 Å². The summed E-state index contributed by atoms with van der Waals surface area (Å²) >= 11 is 5.94. The number of rotatable bonds is 2. The summed E-state index contributed by atoms with van der Waals surface area (Å²) in [5, 5.41) is 1.11. The van der Waals surface area contributed by atoms with Crippen molar-refractivity contribution in [1.82, 2.24) is 8.87 Å². The predicted molar refractivity (Wildman–Crippen MR) is 101 cm³/mol. The zero-order chi connectivity index (χ0) is 21.0. The molecule has 0 fully saturated rings. The second kappa shape index (κ2) is 6.77. The summed E-state index contributed by atoms with van der Waals surface area (Å²) < 4.78 is 65.6. The lowest BCUT2D eigenvalue weighted by molar-refractivity contribution is -0.186. The van der Waals surface area contributed by atoms with Gasteiger partial charge in [0, 0.05) is 29.7 Å². The standard InChI is InChI=1S/C19H14ClF3N2O3S/c20-15-2-4-17-13(9-15)6-8-25(17)29(27,28)16-3-1-12-5-7-24(11-14(12)10-16)18(26)19(21,22)23/h1-4,6,8-10H,5,7,11H2. The molecule has 0 radical (unpaired) electrons. The summed E-state index contributed by atoms with van der Waals surface area (Å²) in [4.78, 5) is 12.2. The number of halogens is 4. The van der Waals surface area contributed by atoms with Crippen LogP contribution in [0.4, 0.5) is 13.2 Å². The monoisotopic (exact) mass is 442 g/mol. The van der Waals surface area contributed by atoms with Crippen LogP contribution in [0.3, 0.4) is 0 Å². The first-order valence-electron chi connectivity index (χ1n) is 8.57. The van der Waals surface area contributed by atoms with E-state index < -0.39 is 22.1 Å². The second-order valence-corrected chi connectivity index (χ2v) is 8.98. The molecule has 4 rings (SSSR count). The van der Waals surface area contributed by atoms with E-state index >= 15 is 0 Å². The van der Waals surface area contributed by atoms with Crippen molar-refractivity contribution in [2.45, 2.75) is 24.0 Å². The van der Waals surface area contributed by atoms with Crippen molar-refractivity contribution in [3.8, 4) is 0 Å². The first kappa shape index (κ1) is 19.8. The molecule has 0 saturated carbocycles. The third kappa shape index (κ3) is 3.49. The van der Waals surface area contributed by atoms with Crippen LogP contribution in [0.15, 0.2) is 53.6 Å². The van der Waals surface area contributed by atoms with Gasteiger partial charge in [-0.15, -0.1) is 0 Å². The van der Waals surface area contributed by atoms with Gasteiger partial charge >= 0.3 is 12.1 Å². The maximum Gasteiger partial charge on any atom is 0.471 e. The van der Waals surface area contributed by atoms with Gasteiger partial charge in [0.15, 0.2) is 0 Å². The van der Waals surface area contributed by atoms with Gasteiger partial charge in [-0.05, 0) is 53.9 Å². The smallest absolute Gasteiger partial charge is 0.330 e. The lowest BCUT2D eigenvalue weighted by Crippen LogP contribution is -2.43. The molecule has 1 aromatic heterocycles. The zero-order valence-corrected chi connectivity index (χ0v) is 16.4. The van der Waals surface area contributed by atoms with Crippen molar-refractivity contribution < 1.29 is 26.4 Å². The Morgan fingerprint density at radius 1 is 1.03 bits per heavy atom. The summed E-state index contributed by atoms with van der Waals surface area (Å²) in [6.07, 6.45) is -3.34. The summed E-state index contributed by atoms with van der Waals surface area (Å²) in [5.41, 5.74) is 1.54. The molecule has 5 nitrogen and oxygen atoms in total. The number of amides is 1. The van der Waals surface area contributed by atoms with Crippen molar-refractivity contribution >= 4 is 38.4 Å². The summed E-state index contributed by atoms with van der Waals surface area (Å²) in [7, 11) is -3.99. The molecular weight excluding hydrogens is 429 g/mol. The van der Waals surface area contributed by atoms with Crippen molar-refractivity contribution in [2.75, 3.05) is 6.54 Å². The quantitative estimate of drug-likeness (QED) is 0.603. The molecule has 1 aliphatic rings. The van der Waals surface area contributed by atoms with Gasteiger partial charge in [0.25, 0.3) is 10.0 Å². The minimum absolute atomic E-state index is 0.0648. The van der Waals surface area contributed by atoms with Gasteiger partial charge in [-0.2, -0.15) is 13.2 Å². The van der Waals surface area contributed by atoms with Crippen molar-refractivity contribution in [1.29, 1.82) is 0 Å². The van der Waals surface area contributed by atoms with E-state index in [2.05, 4.69) is 0 Å². The molecule has 3 aromatic rings. The van der Waals surface area contributed by atoms with E-state index in [0.29, 0.717) is 26.4 Å². The maximum atomic E-state index is 13.1. The molecule has 0 atom stereocenters. The molecule has 29 heavy (non-hydrogen) atoms. The predicted octanol–water partition coefficient (Wildman–Crippen LogP) is 3.98. The van der Waals surface area contributed by atoms with E-state index in [1.807, 2.05) is 0 Å². The van der Waals surface area contributed by atoms with E-state index in [4.69, 9.17) is 11.6 Å². The molecule has 1 aliphatic heterocycles. The van der Waals surface area contributed by atoms with Crippen molar-refractivity contribution in [2.24, 2.45) is 0 Å². The molecule has 0 unspecified atom stereocenters. The first-order chi connectivity index (χ1) is 13.6. The van der Waals surface area contributed by atoms with Crippen LogP contribution in [-0.4, -0.2) is 35.9 Å². The number of benzene rings is 2. The van der Waals surface area contributed by atoms with Gasteiger partial charge in [0.1, 0.15) is 0 Å². The Morgan fingerprint density at radius 2 is 1.79 bits per heavy atom. The largest absolute Gasteiger partial charge is 0.471 e. The van der Waals surface area contributed by atoms with Gasteiger partial charge in [-0.25, -0.2) is 12.4 Å².